The monoisotopic (exact) mass is 305 g/mol. The topological polar surface area (TPSA) is 53.9 Å². The van der Waals surface area contributed by atoms with Gasteiger partial charge in [0.2, 0.25) is 0 Å². The highest BCUT2D eigenvalue weighted by Crippen LogP contribution is 2.09. The molecule has 0 amide bonds. The van der Waals surface area contributed by atoms with Crippen LogP contribution in [0.25, 0.3) is 0 Å². The molecule has 0 saturated heterocycles. The molecule has 0 fully saturated rings. The molecule has 122 valence electrons. The standard InChI is InChI=1S/C17H27N3O2/c1-13-9-7-8-10-14(13)12-20(6)16(18-5)19-11-15(21)22-17(2,3)4/h7-10H,11-12H2,1-6H3,(H,18,19). The van der Waals surface area contributed by atoms with Crippen LogP contribution in [0.3, 0.4) is 0 Å². The highest BCUT2D eigenvalue weighted by Gasteiger charge is 2.17. The maximum Gasteiger partial charge on any atom is 0.325 e. The third-order valence-electron chi connectivity index (χ3n) is 3.05. The molecule has 0 aliphatic carbocycles. The zero-order valence-electron chi connectivity index (χ0n) is 14.4. The van der Waals surface area contributed by atoms with Crippen molar-refractivity contribution in [2.45, 2.75) is 39.8 Å². The fourth-order valence-electron chi connectivity index (χ4n) is 2.03. The van der Waals surface area contributed by atoms with E-state index in [9.17, 15) is 4.79 Å². The largest absolute Gasteiger partial charge is 0.459 e. The second kappa shape index (κ2) is 7.82. The molecule has 1 rings (SSSR count). The lowest BCUT2D eigenvalue weighted by atomic mass is 10.1. The number of hydrogen-bond donors (Lipinski definition) is 1. The summed E-state index contributed by atoms with van der Waals surface area (Å²) >= 11 is 0. The molecule has 0 atom stereocenters. The number of ether oxygens (including phenoxy) is 1. The minimum atomic E-state index is -0.477. The Hall–Kier alpha value is -2.04. The van der Waals surface area contributed by atoms with E-state index in [4.69, 9.17) is 4.74 Å². The fraction of sp³-hybridized carbons (Fsp3) is 0.529. The smallest absolute Gasteiger partial charge is 0.325 e. The van der Waals surface area contributed by atoms with Gasteiger partial charge in [-0.3, -0.25) is 9.79 Å². The van der Waals surface area contributed by atoms with Gasteiger partial charge in [-0.15, -0.1) is 0 Å². The van der Waals surface area contributed by atoms with Crippen LogP contribution in [-0.2, 0) is 16.1 Å². The number of guanidine groups is 1. The summed E-state index contributed by atoms with van der Waals surface area (Å²) in [4.78, 5) is 17.9. The molecular formula is C17H27N3O2. The van der Waals surface area contributed by atoms with Crippen LogP contribution in [-0.4, -0.2) is 43.1 Å². The van der Waals surface area contributed by atoms with E-state index in [0.29, 0.717) is 5.96 Å². The first-order valence-corrected chi connectivity index (χ1v) is 7.41. The molecule has 1 N–H and O–H groups in total. The lowest BCUT2D eigenvalue weighted by Crippen LogP contribution is -2.42. The van der Waals surface area contributed by atoms with Gasteiger partial charge in [0.05, 0.1) is 0 Å². The van der Waals surface area contributed by atoms with E-state index in [1.54, 1.807) is 7.05 Å². The molecule has 22 heavy (non-hydrogen) atoms. The number of nitrogens with zero attached hydrogens (tertiary/aromatic N) is 2. The maximum absolute atomic E-state index is 11.8. The van der Waals surface area contributed by atoms with Crippen LogP contribution >= 0.6 is 0 Å². The van der Waals surface area contributed by atoms with Crippen molar-refractivity contribution in [1.82, 2.24) is 10.2 Å². The van der Waals surface area contributed by atoms with Crippen molar-refractivity contribution in [2.75, 3.05) is 20.6 Å². The predicted molar refractivity (Wildman–Crippen MR) is 89.9 cm³/mol. The van der Waals surface area contributed by atoms with Gasteiger partial charge < -0.3 is 15.0 Å². The normalized spacial score (nSPS) is 12.0. The van der Waals surface area contributed by atoms with E-state index in [2.05, 4.69) is 29.4 Å². The molecule has 0 heterocycles. The van der Waals surface area contributed by atoms with E-state index in [1.807, 2.05) is 44.9 Å². The minimum absolute atomic E-state index is 0.0993. The van der Waals surface area contributed by atoms with Gasteiger partial charge in [0, 0.05) is 20.6 Å². The first-order chi connectivity index (χ1) is 10.2. The number of benzene rings is 1. The van der Waals surface area contributed by atoms with E-state index >= 15 is 0 Å². The average Bonchev–Trinajstić information content (AvgIpc) is 2.40. The van der Waals surface area contributed by atoms with E-state index in [0.717, 1.165) is 6.54 Å². The number of carbonyl (C=O) groups excluding carboxylic acids is 1. The Bertz CT molecular complexity index is 533. The SMILES string of the molecule is CN=C(NCC(=O)OC(C)(C)C)N(C)Cc1ccccc1C. The third kappa shape index (κ3) is 6.16. The summed E-state index contributed by atoms with van der Waals surface area (Å²) in [7, 11) is 3.64. The number of nitrogens with one attached hydrogen (secondary N) is 1. The van der Waals surface area contributed by atoms with E-state index in [1.165, 1.54) is 11.1 Å². The summed E-state index contributed by atoms with van der Waals surface area (Å²) in [6, 6.07) is 8.22. The summed E-state index contributed by atoms with van der Waals surface area (Å²) in [6.07, 6.45) is 0. The lowest BCUT2D eigenvalue weighted by Gasteiger charge is -2.24. The van der Waals surface area contributed by atoms with Crippen molar-refractivity contribution in [3.63, 3.8) is 0 Å². The highest BCUT2D eigenvalue weighted by atomic mass is 16.6. The van der Waals surface area contributed by atoms with Crippen LogP contribution < -0.4 is 5.32 Å². The summed E-state index contributed by atoms with van der Waals surface area (Å²) in [5, 5.41) is 3.03. The molecule has 5 heteroatoms. The van der Waals surface area contributed by atoms with Crippen LogP contribution in [0.5, 0.6) is 0 Å². The molecule has 5 nitrogen and oxygen atoms in total. The van der Waals surface area contributed by atoms with Gasteiger partial charge in [-0.05, 0) is 38.8 Å². The zero-order valence-corrected chi connectivity index (χ0v) is 14.4. The van der Waals surface area contributed by atoms with Crippen molar-refractivity contribution >= 4 is 11.9 Å². The van der Waals surface area contributed by atoms with Crippen molar-refractivity contribution in [2.24, 2.45) is 4.99 Å². The Labute approximate surface area is 133 Å². The van der Waals surface area contributed by atoms with Crippen LogP contribution in [0.1, 0.15) is 31.9 Å². The van der Waals surface area contributed by atoms with Gasteiger partial charge in [0.25, 0.3) is 0 Å². The van der Waals surface area contributed by atoms with Crippen molar-refractivity contribution in [3.05, 3.63) is 35.4 Å². The number of esters is 1. The van der Waals surface area contributed by atoms with Gasteiger partial charge >= 0.3 is 5.97 Å². The zero-order chi connectivity index (χ0) is 16.8. The Morgan fingerprint density at radius 3 is 2.50 bits per heavy atom. The van der Waals surface area contributed by atoms with Gasteiger partial charge in [-0.25, -0.2) is 0 Å². The second-order valence-electron chi connectivity index (χ2n) is 6.27. The van der Waals surface area contributed by atoms with Crippen LogP contribution in [0.4, 0.5) is 0 Å². The molecule has 0 aliphatic heterocycles. The number of carbonyl (C=O) groups is 1. The van der Waals surface area contributed by atoms with Gasteiger partial charge in [0.1, 0.15) is 12.1 Å². The van der Waals surface area contributed by atoms with Crippen molar-refractivity contribution < 1.29 is 9.53 Å². The molecule has 0 aromatic heterocycles. The van der Waals surface area contributed by atoms with Gasteiger partial charge in [-0.1, -0.05) is 24.3 Å². The molecule has 0 aliphatic rings. The molecule has 0 unspecified atom stereocenters. The molecule has 1 aromatic rings. The van der Waals surface area contributed by atoms with Gasteiger partial charge in [-0.2, -0.15) is 0 Å². The first-order valence-electron chi connectivity index (χ1n) is 7.41. The lowest BCUT2D eigenvalue weighted by molar-refractivity contribution is -0.153. The predicted octanol–water partition coefficient (Wildman–Crippen LogP) is 2.34. The van der Waals surface area contributed by atoms with Crippen LogP contribution in [0.2, 0.25) is 0 Å². The quantitative estimate of drug-likeness (QED) is 0.527. The summed E-state index contributed by atoms with van der Waals surface area (Å²) in [5.74, 6) is 0.368. The Kier molecular flexibility index (Phi) is 6.40. The van der Waals surface area contributed by atoms with Gasteiger partial charge in [0.15, 0.2) is 5.96 Å². The summed E-state index contributed by atoms with van der Waals surface area (Å²) in [6.45, 7) is 8.46. The molecular weight excluding hydrogens is 278 g/mol. The molecule has 1 aromatic carbocycles. The minimum Gasteiger partial charge on any atom is -0.459 e. The van der Waals surface area contributed by atoms with Crippen LogP contribution in [0, 0.1) is 6.92 Å². The first kappa shape index (κ1) is 18.0. The Balaban J connectivity index is 2.58. The second-order valence-corrected chi connectivity index (χ2v) is 6.27. The fourth-order valence-corrected chi connectivity index (χ4v) is 2.03. The maximum atomic E-state index is 11.8. The third-order valence-corrected chi connectivity index (χ3v) is 3.05. The van der Waals surface area contributed by atoms with Crippen LogP contribution in [0.15, 0.2) is 29.3 Å². The highest BCUT2D eigenvalue weighted by molar-refractivity contribution is 5.84. The molecule has 0 saturated carbocycles. The number of rotatable bonds is 4. The number of aryl methyl sites for hydroxylation is 1. The number of aliphatic imine (C=N–C) groups is 1. The summed E-state index contributed by atoms with van der Waals surface area (Å²) < 4.78 is 5.27. The van der Waals surface area contributed by atoms with E-state index < -0.39 is 5.60 Å². The van der Waals surface area contributed by atoms with Crippen molar-refractivity contribution in [1.29, 1.82) is 0 Å². The molecule has 0 radical (unpaired) electrons. The Morgan fingerprint density at radius 2 is 1.95 bits per heavy atom. The molecule has 0 bridgehead atoms. The Morgan fingerprint density at radius 1 is 1.32 bits per heavy atom. The summed E-state index contributed by atoms with van der Waals surface area (Å²) in [5.41, 5.74) is 1.98. The molecule has 0 spiro atoms. The van der Waals surface area contributed by atoms with E-state index in [-0.39, 0.29) is 12.5 Å². The number of hydrogen-bond acceptors (Lipinski definition) is 3. The van der Waals surface area contributed by atoms with Crippen molar-refractivity contribution in [3.8, 4) is 0 Å². The average molecular weight is 305 g/mol.